The number of guanidine groups is 1. The minimum Gasteiger partial charge on any atom is -0.354 e. The molecule has 0 aliphatic carbocycles. The van der Waals surface area contributed by atoms with Gasteiger partial charge in [-0.2, -0.15) is 0 Å². The van der Waals surface area contributed by atoms with Gasteiger partial charge in [0.05, 0.1) is 6.04 Å². The van der Waals surface area contributed by atoms with Gasteiger partial charge in [-0.15, -0.1) is 0 Å². The Morgan fingerprint density at radius 2 is 1.70 bits per heavy atom. The molecule has 0 aromatic carbocycles. The van der Waals surface area contributed by atoms with Crippen LogP contribution in [0.5, 0.6) is 0 Å². The number of unbranched alkanes of at least 4 members (excludes halogenated alkanes) is 6. The smallest absolute Gasteiger partial charge is 0.194 e. The zero-order valence-electron chi connectivity index (χ0n) is 15.4. The van der Waals surface area contributed by atoms with Crippen molar-refractivity contribution >= 4 is 5.96 Å². The van der Waals surface area contributed by atoms with E-state index in [0.717, 1.165) is 12.1 Å². The molecule has 2 fully saturated rings. The molecule has 4 atom stereocenters. The molecule has 23 heavy (non-hydrogen) atoms. The summed E-state index contributed by atoms with van der Waals surface area (Å²) in [6.45, 7) is 4.62. The van der Waals surface area contributed by atoms with Crippen LogP contribution in [0.25, 0.3) is 0 Å². The number of nitrogens with one attached hydrogen (secondary N) is 1. The maximum atomic E-state index is 5.12. The molecule has 1 N–H and O–H groups in total. The topological polar surface area (TPSA) is 27.6 Å². The summed E-state index contributed by atoms with van der Waals surface area (Å²) < 4.78 is 0. The zero-order valence-corrected chi connectivity index (χ0v) is 15.4. The van der Waals surface area contributed by atoms with Crippen molar-refractivity contribution in [2.75, 3.05) is 0 Å². The van der Waals surface area contributed by atoms with Gasteiger partial charge in [0, 0.05) is 18.1 Å². The second kappa shape index (κ2) is 8.39. The van der Waals surface area contributed by atoms with Gasteiger partial charge in [-0.25, -0.2) is 4.99 Å². The van der Waals surface area contributed by atoms with E-state index in [9.17, 15) is 0 Å². The molecule has 0 aromatic heterocycles. The van der Waals surface area contributed by atoms with Crippen molar-refractivity contribution < 1.29 is 0 Å². The molecule has 2 saturated heterocycles. The standard InChI is InChI=1S/C20H37N3/c1-3-4-5-6-7-8-9-11-17-15-19-13-10-12-18-14-16(2)21-20(22-17)23(18)19/h16-19H,3-15H2,1-2H3,(H,21,22). The van der Waals surface area contributed by atoms with E-state index in [1.807, 2.05) is 0 Å². The lowest BCUT2D eigenvalue weighted by Gasteiger charge is -2.52. The molecule has 0 aromatic rings. The van der Waals surface area contributed by atoms with E-state index in [4.69, 9.17) is 4.99 Å². The molecule has 0 radical (unpaired) electrons. The molecule has 4 unspecified atom stereocenters. The van der Waals surface area contributed by atoms with E-state index < -0.39 is 0 Å². The van der Waals surface area contributed by atoms with Crippen molar-refractivity contribution in [1.82, 2.24) is 10.2 Å². The first kappa shape index (κ1) is 17.1. The molecule has 0 bridgehead atoms. The van der Waals surface area contributed by atoms with Crippen LogP contribution in [0.2, 0.25) is 0 Å². The quantitative estimate of drug-likeness (QED) is 0.647. The molecule has 3 nitrogen and oxygen atoms in total. The zero-order chi connectivity index (χ0) is 16.1. The van der Waals surface area contributed by atoms with Crippen LogP contribution in [-0.4, -0.2) is 35.0 Å². The highest BCUT2D eigenvalue weighted by Crippen LogP contribution is 2.35. The van der Waals surface area contributed by atoms with Crippen LogP contribution in [0.4, 0.5) is 0 Å². The van der Waals surface area contributed by atoms with E-state index in [1.165, 1.54) is 89.4 Å². The van der Waals surface area contributed by atoms with Crippen LogP contribution in [0.3, 0.4) is 0 Å². The number of nitrogens with zero attached hydrogens (tertiary/aromatic N) is 2. The Morgan fingerprint density at radius 3 is 2.48 bits per heavy atom. The third kappa shape index (κ3) is 4.42. The first-order valence-corrected chi connectivity index (χ1v) is 10.4. The normalized spacial score (nSPS) is 33.0. The first-order valence-electron chi connectivity index (χ1n) is 10.4. The summed E-state index contributed by atoms with van der Waals surface area (Å²) in [7, 11) is 0. The van der Waals surface area contributed by atoms with Gasteiger partial charge in [-0.3, -0.25) is 0 Å². The Labute approximate surface area is 143 Å². The lowest BCUT2D eigenvalue weighted by atomic mass is 9.85. The average Bonchev–Trinajstić information content (AvgIpc) is 2.54. The van der Waals surface area contributed by atoms with Gasteiger partial charge in [0.25, 0.3) is 0 Å². The molecule has 0 amide bonds. The molecule has 0 saturated carbocycles. The van der Waals surface area contributed by atoms with Gasteiger partial charge in [0.1, 0.15) is 0 Å². The van der Waals surface area contributed by atoms with Crippen molar-refractivity contribution in [2.24, 2.45) is 4.99 Å². The van der Waals surface area contributed by atoms with Crippen molar-refractivity contribution in [3.8, 4) is 0 Å². The van der Waals surface area contributed by atoms with Gasteiger partial charge in [-0.1, -0.05) is 51.9 Å². The second-order valence-electron chi connectivity index (χ2n) is 8.18. The van der Waals surface area contributed by atoms with Crippen LogP contribution in [0.15, 0.2) is 4.99 Å². The van der Waals surface area contributed by atoms with Crippen molar-refractivity contribution in [2.45, 2.75) is 121 Å². The summed E-state index contributed by atoms with van der Waals surface area (Å²) in [5.41, 5.74) is 0. The number of rotatable bonds is 8. The maximum Gasteiger partial charge on any atom is 0.194 e. The highest BCUT2D eigenvalue weighted by Gasteiger charge is 2.40. The predicted octanol–water partition coefficient (Wildman–Crippen LogP) is 4.86. The Hall–Kier alpha value is -0.730. The van der Waals surface area contributed by atoms with Crippen molar-refractivity contribution in [3.05, 3.63) is 0 Å². The Kier molecular flexibility index (Phi) is 6.24. The SMILES string of the molecule is CCCCCCCCCC1CC2CCCC3CC(C)NC(=N1)N23. The Bertz CT molecular complexity index is 392. The van der Waals surface area contributed by atoms with Gasteiger partial charge in [0.2, 0.25) is 0 Å². The third-order valence-corrected chi connectivity index (χ3v) is 6.10. The molecule has 3 aliphatic heterocycles. The summed E-state index contributed by atoms with van der Waals surface area (Å²) in [6, 6.07) is 2.73. The minimum atomic E-state index is 0.582. The highest BCUT2D eigenvalue weighted by molar-refractivity contribution is 5.82. The first-order chi connectivity index (χ1) is 11.3. The van der Waals surface area contributed by atoms with E-state index >= 15 is 0 Å². The fourth-order valence-corrected chi connectivity index (χ4v) is 4.90. The largest absolute Gasteiger partial charge is 0.354 e. The summed E-state index contributed by atoms with van der Waals surface area (Å²) in [5.74, 6) is 1.25. The van der Waals surface area contributed by atoms with Gasteiger partial charge in [0.15, 0.2) is 5.96 Å². The molecule has 0 spiro atoms. The summed E-state index contributed by atoms with van der Waals surface area (Å²) in [5, 5.41) is 3.68. The number of aliphatic imine (C=N–C) groups is 1. The summed E-state index contributed by atoms with van der Waals surface area (Å²) in [6.07, 6.45) is 18.0. The van der Waals surface area contributed by atoms with Crippen LogP contribution in [0, 0.1) is 0 Å². The number of hydrogen-bond donors (Lipinski definition) is 1. The van der Waals surface area contributed by atoms with E-state index in [2.05, 4.69) is 24.1 Å². The van der Waals surface area contributed by atoms with Crippen molar-refractivity contribution in [1.29, 1.82) is 0 Å². The fourth-order valence-electron chi connectivity index (χ4n) is 4.90. The molecular weight excluding hydrogens is 282 g/mol. The molecular formula is C20H37N3. The molecule has 3 aliphatic rings. The molecule has 132 valence electrons. The monoisotopic (exact) mass is 319 g/mol. The predicted molar refractivity (Wildman–Crippen MR) is 98.9 cm³/mol. The van der Waals surface area contributed by atoms with Crippen LogP contribution in [-0.2, 0) is 0 Å². The number of piperidine rings is 1. The van der Waals surface area contributed by atoms with E-state index in [0.29, 0.717) is 12.1 Å². The van der Waals surface area contributed by atoms with Gasteiger partial charge < -0.3 is 10.2 Å². The molecule has 3 heterocycles. The van der Waals surface area contributed by atoms with Crippen LogP contribution in [0.1, 0.15) is 97.3 Å². The van der Waals surface area contributed by atoms with Crippen molar-refractivity contribution in [3.63, 3.8) is 0 Å². The fraction of sp³-hybridized carbons (Fsp3) is 0.950. The summed E-state index contributed by atoms with van der Waals surface area (Å²) >= 11 is 0. The highest BCUT2D eigenvalue weighted by atomic mass is 15.4. The average molecular weight is 320 g/mol. The molecule has 3 rings (SSSR count). The Morgan fingerprint density at radius 1 is 1.00 bits per heavy atom. The lowest BCUT2D eigenvalue weighted by Crippen LogP contribution is -2.64. The van der Waals surface area contributed by atoms with Crippen LogP contribution < -0.4 is 5.32 Å². The van der Waals surface area contributed by atoms with Gasteiger partial charge >= 0.3 is 0 Å². The Balaban J connectivity index is 1.46. The lowest BCUT2D eigenvalue weighted by molar-refractivity contribution is 0.102. The van der Waals surface area contributed by atoms with E-state index in [-0.39, 0.29) is 0 Å². The second-order valence-corrected chi connectivity index (χ2v) is 8.18. The van der Waals surface area contributed by atoms with Crippen LogP contribution >= 0.6 is 0 Å². The summed E-state index contributed by atoms with van der Waals surface area (Å²) in [4.78, 5) is 7.77. The van der Waals surface area contributed by atoms with Gasteiger partial charge in [-0.05, 0) is 45.4 Å². The minimum absolute atomic E-state index is 0.582. The van der Waals surface area contributed by atoms with E-state index in [1.54, 1.807) is 0 Å². The molecule has 3 heteroatoms. The maximum absolute atomic E-state index is 5.12. The third-order valence-electron chi connectivity index (χ3n) is 6.10. The number of hydrogen-bond acceptors (Lipinski definition) is 3.